The zero-order valence-electron chi connectivity index (χ0n) is 14.5. The maximum Gasteiger partial charge on any atom is 0.153 e. The van der Waals surface area contributed by atoms with Gasteiger partial charge in [0.25, 0.3) is 0 Å². The molecule has 7 heteroatoms. The minimum Gasteiger partial charge on any atom is -0.366 e. The fourth-order valence-electron chi connectivity index (χ4n) is 2.75. The number of aromatic amines is 1. The first kappa shape index (κ1) is 16.1. The number of hydrogen-bond donors (Lipinski definition) is 3. The lowest BCUT2D eigenvalue weighted by molar-refractivity contribution is 0.965. The quantitative estimate of drug-likeness (QED) is 0.631. The predicted octanol–water partition coefficient (Wildman–Crippen LogP) is 3.61. The fourth-order valence-corrected chi connectivity index (χ4v) is 2.75. The molecule has 130 valence electrons. The van der Waals surface area contributed by atoms with Gasteiger partial charge in [-0.15, -0.1) is 0 Å². The lowest BCUT2D eigenvalue weighted by atomic mass is 10.1. The highest BCUT2D eigenvalue weighted by atomic mass is 15.2. The second-order valence-corrected chi connectivity index (χ2v) is 6.46. The van der Waals surface area contributed by atoms with Crippen molar-refractivity contribution >= 4 is 17.5 Å². The SMILES string of the molecule is Cc1nc(NCc2ccc(C#N)cc2)cc(Nc2cc(C3CC3)[nH]n2)n1. The number of nitriles is 1. The molecule has 2 heterocycles. The van der Waals surface area contributed by atoms with Gasteiger partial charge in [-0.1, -0.05) is 12.1 Å². The summed E-state index contributed by atoms with van der Waals surface area (Å²) in [5, 5.41) is 22.8. The van der Waals surface area contributed by atoms with Crippen LogP contribution in [0.15, 0.2) is 36.4 Å². The number of rotatable bonds is 6. The average molecular weight is 345 g/mol. The number of nitrogens with zero attached hydrogens (tertiary/aromatic N) is 4. The lowest BCUT2D eigenvalue weighted by Crippen LogP contribution is -2.05. The molecule has 3 aromatic rings. The Bertz CT molecular complexity index is 949. The first-order valence-corrected chi connectivity index (χ1v) is 8.60. The molecule has 0 amide bonds. The molecular weight excluding hydrogens is 326 g/mol. The minimum absolute atomic E-state index is 0.621. The van der Waals surface area contributed by atoms with E-state index in [1.807, 2.05) is 43.3 Å². The smallest absolute Gasteiger partial charge is 0.153 e. The Morgan fingerprint density at radius 2 is 1.88 bits per heavy atom. The Kier molecular flexibility index (Phi) is 4.23. The van der Waals surface area contributed by atoms with Crippen molar-refractivity contribution in [2.75, 3.05) is 10.6 Å². The third-order valence-electron chi connectivity index (χ3n) is 4.27. The van der Waals surface area contributed by atoms with Crippen LogP contribution in [0, 0.1) is 18.3 Å². The third kappa shape index (κ3) is 3.81. The van der Waals surface area contributed by atoms with Gasteiger partial charge in [-0.3, -0.25) is 5.10 Å². The Balaban J connectivity index is 1.43. The predicted molar refractivity (Wildman–Crippen MR) is 99.1 cm³/mol. The second-order valence-electron chi connectivity index (χ2n) is 6.46. The van der Waals surface area contributed by atoms with Gasteiger partial charge in [0.1, 0.15) is 17.5 Å². The summed E-state index contributed by atoms with van der Waals surface area (Å²) in [6, 6.07) is 13.5. The van der Waals surface area contributed by atoms with E-state index >= 15 is 0 Å². The maximum absolute atomic E-state index is 8.86. The molecule has 1 fully saturated rings. The van der Waals surface area contributed by atoms with Gasteiger partial charge in [0.05, 0.1) is 11.6 Å². The van der Waals surface area contributed by atoms with Gasteiger partial charge in [0, 0.05) is 30.3 Å². The molecule has 2 aromatic heterocycles. The molecule has 0 aliphatic heterocycles. The van der Waals surface area contributed by atoms with Crippen LogP contribution < -0.4 is 10.6 Å². The molecule has 1 aliphatic rings. The second kappa shape index (κ2) is 6.84. The molecule has 7 nitrogen and oxygen atoms in total. The third-order valence-corrected chi connectivity index (χ3v) is 4.27. The van der Waals surface area contributed by atoms with Crippen LogP contribution in [-0.4, -0.2) is 20.2 Å². The van der Waals surface area contributed by atoms with Crippen molar-refractivity contribution in [2.24, 2.45) is 0 Å². The molecule has 26 heavy (non-hydrogen) atoms. The topological polar surface area (TPSA) is 102 Å². The van der Waals surface area contributed by atoms with Crippen molar-refractivity contribution in [2.45, 2.75) is 32.2 Å². The minimum atomic E-state index is 0.621. The van der Waals surface area contributed by atoms with E-state index in [4.69, 9.17) is 5.26 Å². The van der Waals surface area contributed by atoms with Gasteiger partial charge < -0.3 is 10.6 Å². The number of anilines is 3. The Morgan fingerprint density at radius 3 is 2.62 bits per heavy atom. The molecule has 1 aliphatic carbocycles. The summed E-state index contributed by atoms with van der Waals surface area (Å²) in [6.07, 6.45) is 2.47. The molecule has 1 saturated carbocycles. The van der Waals surface area contributed by atoms with Crippen molar-refractivity contribution in [3.63, 3.8) is 0 Å². The van der Waals surface area contributed by atoms with Gasteiger partial charge in [0.2, 0.25) is 0 Å². The van der Waals surface area contributed by atoms with Crippen molar-refractivity contribution < 1.29 is 0 Å². The Hall–Kier alpha value is -3.40. The molecule has 0 bridgehead atoms. The van der Waals surface area contributed by atoms with Crippen LogP contribution in [0.1, 0.15) is 41.4 Å². The highest BCUT2D eigenvalue weighted by Crippen LogP contribution is 2.39. The molecule has 0 atom stereocenters. The highest BCUT2D eigenvalue weighted by molar-refractivity contribution is 5.56. The molecule has 4 rings (SSSR count). The zero-order valence-corrected chi connectivity index (χ0v) is 14.5. The van der Waals surface area contributed by atoms with Gasteiger partial charge in [-0.05, 0) is 37.5 Å². The van der Waals surface area contributed by atoms with Crippen LogP contribution in [0.2, 0.25) is 0 Å². The van der Waals surface area contributed by atoms with Crippen LogP contribution in [0.25, 0.3) is 0 Å². The zero-order chi connectivity index (χ0) is 17.9. The van der Waals surface area contributed by atoms with E-state index in [2.05, 4.69) is 36.9 Å². The Labute approximate surface area is 151 Å². The van der Waals surface area contributed by atoms with Gasteiger partial charge in [0.15, 0.2) is 5.82 Å². The first-order valence-electron chi connectivity index (χ1n) is 8.60. The van der Waals surface area contributed by atoms with Crippen LogP contribution >= 0.6 is 0 Å². The van der Waals surface area contributed by atoms with Crippen LogP contribution in [0.4, 0.5) is 17.5 Å². The molecule has 3 N–H and O–H groups in total. The standard InChI is InChI=1S/C19H19N7/c1-12-22-17(21-11-14-4-2-13(10-20)3-5-14)9-18(23-12)24-19-8-16(25-26-19)15-6-7-15/h2-5,8-9,15H,6-7,11H2,1H3,(H3,21,22,23,24,25,26). The van der Waals surface area contributed by atoms with Gasteiger partial charge >= 0.3 is 0 Å². The summed E-state index contributed by atoms with van der Waals surface area (Å²) in [5.41, 5.74) is 2.91. The maximum atomic E-state index is 8.86. The van der Waals surface area contributed by atoms with Crippen molar-refractivity contribution in [1.82, 2.24) is 20.2 Å². The number of nitrogens with one attached hydrogen (secondary N) is 3. The van der Waals surface area contributed by atoms with Crippen molar-refractivity contribution in [1.29, 1.82) is 5.26 Å². The fraction of sp³-hybridized carbons (Fsp3) is 0.263. The van der Waals surface area contributed by atoms with E-state index < -0.39 is 0 Å². The molecule has 0 spiro atoms. The number of benzene rings is 1. The molecule has 0 radical (unpaired) electrons. The number of aromatic nitrogens is 4. The van der Waals surface area contributed by atoms with Crippen LogP contribution in [-0.2, 0) is 6.54 Å². The Morgan fingerprint density at radius 1 is 1.12 bits per heavy atom. The normalized spacial score (nSPS) is 13.2. The molecular formula is C19H19N7. The van der Waals surface area contributed by atoms with Gasteiger partial charge in [-0.25, -0.2) is 9.97 Å². The summed E-state index contributed by atoms with van der Waals surface area (Å²) in [5.74, 6) is 3.52. The monoisotopic (exact) mass is 345 g/mol. The van der Waals surface area contributed by atoms with E-state index in [0.29, 0.717) is 29.7 Å². The van der Waals surface area contributed by atoms with Crippen LogP contribution in [0.3, 0.4) is 0 Å². The van der Waals surface area contributed by atoms with E-state index in [0.717, 1.165) is 17.2 Å². The van der Waals surface area contributed by atoms with Crippen molar-refractivity contribution in [3.05, 3.63) is 59.0 Å². The van der Waals surface area contributed by atoms with Gasteiger partial charge in [-0.2, -0.15) is 10.4 Å². The number of hydrogen-bond acceptors (Lipinski definition) is 6. The average Bonchev–Trinajstić information content (AvgIpc) is 3.40. The van der Waals surface area contributed by atoms with Crippen molar-refractivity contribution in [3.8, 4) is 6.07 Å². The number of H-pyrrole nitrogens is 1. The molecule has 0 unspecified atom stereocenters. The highest BCUT2D eigenvalue weighted by Gasteiger charge is 2.25. The van der Waals surface area contributed by atoms with E-state index in [1.54, 1.807) is 0 Å². The summed E-state index contributed by atoms with van der Waals surface area (Å²) in [6.45, 7) is 2.48. The first-order chi connectivity index (χ1) is 12.7. The van der Waals surface area contributed by atoms with E-state index in [9.17, 15) is 0 Å². The lowest BCUT2D eigenvalue weighted by Gasteiger charge is -2.09. The summed E-state index contributed by atoms with van der Waals surface area (Å²) in [7, 11) is 0. The van der Waals surface area contributed by atoms with E-state index in [1.165, 1.54) is 18.5 Å². The summed E-state index contributed by atoms with van der Waals surface area (Å²) in [4.78, 5) is 8.85. The molecule has 1 aromatic carbocycles. The van der Waals surface area contributed by atoms with Crippen LogP contribution in [0.5, 0.6) is 0 Å². The summed E-state index contributed by atoms with van der Waals surface area (Å²) >= 11 is 0. The van der Waals surface area contributed by atoms with E-state index in [-0.39, 0.29) is 0 Å². The summed E-state index contributed by atoms with van der Waals surface area (Å²) < 4.78 is 0. The largest absolute Gasteiger partial charge is 0.366 e. The number of aryl methyl sites for hydroxylation is 1. The molecule has 0 saturated heterocycles.